The van der Waals surface area contributed by atoms with E-state index in [1.54, 1.807) is 0 Å². The van der Waals surface area contributed by atoms with Crippen LogP contribution in [-0.4, -0.2) is 34.3 Å². The first-order chi connectivity index (χ1) is 8.47. The molecule has 5 heteroatoms. The fraction of sp³-hybridized carbons (Fsp3) is 0.692. The molecule has 0 amide bonds. The Kier molecular flexibility index (Phi) is 3.71. The monoisotopic (exact) mass is 251 g/mol. The first-order valence-electron chi connectivity index (χ1n) is 6.51. The summed E-state index contributed by atoms with van der Waals surface area (Å²) >= 11 is 0. The van der Waals surface area contributed by atoms with Gasteiger partial charge in [-0.25, -0.2) is 4.98 Å². The SMILES string of the molecule is CC(C)c1nc(N2CCC(O)C(C)C2)cc(=O)[nH]1. The van der Waals surface area contributed by atoms with E-state index in [1.807, 2.05) is 20.8 Å². The van der Waals surface area contributed by atoms with Crippen molar-refractivity contribution in [2.75, 3.05) is 18.0 Å². The third-order valence-corrected chi connectivity index (χ3v) is 3.48. The Morgan fingerprint density at radius 3 is 2.89 bits per heavy atom. The highest BCUT2D eigenvalue weighted by Crippen LogP contribution is 2.21. The van der Waals surface area contributed by atoms with Gasteiger partial charge in [-0.2, -0.15) is 0 Å². The minimum absolute atomic E-state index is 0.109. The van der Waals surface area contributed by atoms with Crippen molar-refractivity contribution in [3.63, 3.8) is 0 Å². The van der Waals surface area contributed by atoms with Crippen LogP contribution < -0.4 is 10.5 Å². The highest BCUT2D eigenvalue weighted by Gasteiger charge is 2.25. The van der Waals surface area contributed by atoms with Crippen LogP contribution in [0.2, 0.25) is 0 Å². The van der Waals surface area contributed by atoms with Gasteiger partial charge >= 0.3 is 0 Å². The van der Waals surface area contributed by atoms with Gasteiger partial charge in [0.05, 0.1) is 6.10 Å². The number of nitrogens with one attached hydrogen (secondary N) is 1. The van der Waals surface area contributed by atoms with E-state index in [4.69, 9.17) is 0 Å². The summed E-state index contributed by atoms with van der Waals surface area (Å²) < 4.78 is 0. The Balaban J connectivity index is 2.25. The molecule has 1 aromatic rings. The zero-order valence-electron chi connectivity index (χ0n) is 11.2. The van der Waals surface area contributed by atoms with Gasteiger partial charge in [-0.05, 0) is 12.3 Å². The van der Waals surface area contributed by atoms with E-state index in [-0.39, 0.29) is 23.5 Å². The first-order valence-corrected chi connectivity index (χ1v) is 6.51. The lowest BCUT2D eigenvalue weighted by molar-refractivity contribution is 0.0968. The highest BCUT2D eigenvalue weighted by molar-refractivity contribution is 5.38. The van der Waals surface area contributed by atoms with Gasteiger partial charge in [-0.3, -0.25) is 4.79 Å². The molecule has 0 aliphatic carbocycles. The molecule has 0 saturated carbocycles. The van der Waals surface area contributed by atoms with Crippen LogP contribution in [0.25, 0.3) is 0 Å². The molecule has 0 aromatic carbocycles. The van der Waals surface area contributed by atoms with Gasteiger partial charge in [0.15, 0.2) is 0 Å². The highest BCUT2D eigenvalue weighted by atomic mass is 16.3. The summed E-state index contributed by atoms with van der Waals surface area (Å²) in [4.78, 5) is 21.0. The molecule has 2 heterocycles. The number of aliphatic hydroxyl groups excluding tert-OH is 1. The minimum Gasteiger partial charge on any atom is -0.393 e. The van der Waals surface area contributed by atoms with Crippen LogP contribution in [0.5, 0.6) is 0 Å². The lowest BCUT2D eigenvalue weighted by atomic mass is 9.97. The number of nitrogens with zero attached hydrogens (tertiary/aromatic N) is 2. The van der Waals surface area contributed by atoms with Crippen LogP contribution in [0.4, 0.5) is 5.82 Å². The summed E-state index contributed by atoms with van der Waals surface area (Å²) in [6.45, 7) is 7.53. The Morgan fingerprint density at radius 2 is 2.28 bits per heavy atom. The fourth-order valence-electron chi connectivity index (χ4n) is 2.24. The molecule has 5 nitrogen and oxygen atoms in total. The maximum atomic E-state index is 11.6. The molecule has 0 radical (unpaired) electrons. The smallest absolute Gasteiger partial charge is 0.252 e. The van der Waals surface area contributed by atoms with Crippen molar-refractivity contribution in [3.8, 4) is 0 Å². The van der Waals surface area contributed by atoms with Crippen LogP contribution in [0, 0.1) is 5.92 Å². The standard InChI is InChI=1S/C13H21N3O2/c1-8(2)13-14-11(6-12(18)15-13)16-5-4-10(17)9(3)7-16/h6,8-10,17H,4-5,7H2,1-3H3,(H,14,15,18). The topological polar surface area (TPSA) is 69.2 Å². The molecular formula is C13H21N3O2. The Labute approximate surface area is 107 Å². The second-order valence-corrected chi connectivity index (χ2v) is 5.42. The average Bonchev–Trinajstić information content (AvgIpc) is 2.31. The van der Waals surface area contributed by atoms with Gasteiger partial charge in [0.25, 0.3) is 5.56 Å². The van der Waals surface area contributed by atoms with Crippen LogP contribution in [-0.2, 0) is 0 Å². The van der Waals surface area contributed by atoms with E-state index in [1.165, 1.54) is 6.07 Å². The van der Waals surface area contributed by atoms with Crippen LogP contribution >= 0.6 is 0 Å². The second-order valence-electron chi connectivity index (χ2n) is 5.42. The summed E-state index contributed by atoms with van der Waals surface area (Å²) in [6.07, 6.45) is 0.486. The normalized spacial score (nSPS) is 24.6. The summed E-state index contributed by atoms with van der Waals surface area (Å²) in [7, 11) is 0. The molecule has 2 atom stereocenters. The maximum absolute atomic E-state index is 11.6. The molecule has 2 unspecified atom stereocenters. The molecule has 0 bridgehead atoms. The number of hydrogen-bond acceptors (Lipinski definition) is 4. The lowest BCUT2D eigenvalue weighted by Gasteiger charge is -2.35. The Hall–Kier alpha value is -1.36. The second kappa shape index (κ2) is 5.10. The van der Waals surface area contributed by atoms with E-state index in [9.17, 15) is 9.90 Å². The van der Waals surface area contributed by atoms with Gasteiger partial charge in [0.1, 0.15) is 11.6 Å². The quantitative estimate of drug-likeness (QED) is 0.826. The number of hydrogen-bond donors (Lipinski definition) is 2. The first kappa shape index (κ1) is 13.1. The molecule has 2 N–H and O–H groups in total. The zero-order valence-corrected chi connectivity index (χ0v) is 11.2. The van der Waals surface area contributed by atoms with Gasteiger partial charge in [-0.1, -0.05) is 20.8 Å². The van der Waals surface area contributed by atoms with Crippen LogP contribution in [0.15, 0.2) is 10.9 Å². The Morgan fingerprint density at radius 1 is 1.56 bits per heavy atom. The number of aliphatic hydroxyl groups is 1. The zero-order chi connectivity index (χ0) is 13.3. The number of rotatable bonds is 2. The van der Waals surface area contributed by atoms with E-state index in [0.29, 0.717) is 0 Å². The minimum atomic E-state index is -0.243. The number of piperidine rings is 1. The third kappa shape index (κ3) is 2.72. The van der Waals surface area contributed by atoms with Crippen molar-refractivity contribution in [1.29, 1.82) is 0 Å². The van der Waals surface area contributed by atoms with Crippen molar-refractivity contribution in [2.45, 2.75) is 39.2 Å². The predicted octanol–water partition coefficient (Wildman–Crippen LogP) is 1.10. The fourth-order valence-corrected chi connectivity index (χ4v) is 2.24. The number of H-pyrrole nitrogens is 1. The third-order valence-electron chi connectivity index (χ3n) is 3.48. The molecule has 100 valence electrons. The molecule has 1 aromatic heterocycles. The molecular weight excluding hydrogens is 230 g/mol. The van der Waals surface area contributed by atoms with Crippen molar-refractivity contribution in [3.05, 3.63) is 22.2 Å². The summed E-state index contributed by atoms with van der Waals surface area (Å²) in [5, 5.41) is 9.72. The van der Waals surface area contributed by atoms with Crippen molar-refractivity contribution >= 4 is 5.82 Å². The molecule has 1 fully saturated rings. The molecule has 1 aliphatic rings. The van der Waals surface area contributed by atoms with Crippen molar-refractivity contribution in [1.82, 2.24) is 9.97 Å². The van der Waals surface area contributed by atoms with Gasteiger partial charge in [-0.15, -0.1) is 0 Å². The van der Waals surface area contributed by atoms with Crippen LogP contribution in [0.3, 0.4) is 0 Å². The summed E-state index contributed by atoms with van der Waals surface area (Å²) in [6, 6.07) is 1.54. The van der Waals surface area contributed by atoms with E-state index < -0.39 is 0 Å². The molecule has 2 rings (SSSR count). The van der Waals surface area contributed by atoms with Gasteiger partial charge in [0.2, 0.25) is 0 Å². The molecule has 0 spiro atoms. The van der Waals surface area contributed by atoms with Gasteiger partial charge in [0, 0.05) is 25.1 Å². The van der Waals surface area contributed by atoms with E-state index in [0.717, 1.165) is 31.2 Å². The predicted molar refractivity (Wildman–Crippen MR) is 70.9 cm³/mol. The number of aromatic nitrogens is 2. The molecule has 18 heavy (non-hydrogen) atoms. The van der Waals surface area contributed by atoms with E-state index in [2.05, 4.69) is 14.9 Å². The van der Waals surface area contributed by atoms with E-state index >= 15 is 0 Å². The maximum Gasteiger partial charge on any atom is 0.252 e. The van der Waals surface area contributed by atoms with Crippen molar-refractivity contribution in [2.24, 2.45) is 5.92 Å². The average molecular weight is 251 g/mol. The van der Waals surface area contributed by atoms with Crippen molar-refractivity contribution < 1.29 is 5.11 Å². The number of anilines is 1. The van der Waals surface area contributed by atoms with Crippen LogP contribution in [0.1, 0.15) is 38.9 Å². The Bertz CT molecular complexity index is 470. The summed E-state index contributed by atoms with van der Waals surface area (Å²) in [5.41, 5.74) is -0.109. The number of aromatic amines is 1. The molecule has 1 aliphatic heterocycles. The molecule has 1 saturated heterocycles. The summed E-state index contributed by atoms with van der Waals surface area (Å²) in [5.74, 6) is 1.85. The largest absolute Gasteiger partial charge is 0.393 e. The lowest BCUT2D eigenvalue weighted by Crippen LogP contribution is -2.42. The van der Waals surface area contributed by atoms with Gasteiger partial charge < -0.3 is 15.0 Å².